The van der Waals surface area contributed by atoms with E-state index >= 15 is 0 Å². The maximum Gasteiger partial charge on any atom is 0.261 e. The molecule has 1 aliphatic rings. The number of carbonyl (C=O) groups is 2. The lowest BCUT2D eigenvalue weighted by Gasteiger charge is -2.14. The topological polar surface area (TPSA) is 75.2 Å². The third kappa shape index (κ3) is 3.20. The summed E-state index contributed by atoms with van der Waals surface area (Å²) in [5, 5.41) is 4.03. The van der Waals surface area contributed by atoms with Gasteiger partial charge >= 0.3 is 0 Å². The van der Waals surface area contributed by atoms with Crippen LogP contribution in [0.3, 0.4) is 0 Å². The van der Waals surface area contributed by atoms with Crippen molar-refractivity contribution in [1.82, 2.24) is 14.9 Å². The van der Waals surface area contributed by atoms with E-state index in [-0.39, 0.29) is 18.4 Å². The third-order valence-corrected chi connectivity index (χ3v) is 5.03. The van der Waals surface area contributed by atoms with E-state index in [4.69, 9.17) is 7.85 Å². The Labute approximate surface area is 174 Å². The lowest BCUT2D eigenvalue weighted by molar-refractivity contribution is 0.0642. The molecular formula is C23H15BN4O2. The highest BCUT2D eigenvalue weighted by Crippen LogP contribution is 2.25. The molecule has 1 aliphatic heterocycles. The van der Waals surface area contributed by atoms with Crippen LogP contribution in [-0.4, -0.2) is 34.5 Å². The van der Waals surface area contributed by atoms with Gasteiger partial charge in [0.25, 0.3) is 11.8 Å². The van der Waals surface area contributed by atoms with E-state index in [0.29, 0.717) is 22.5 Å². The smallest absolute Gasteiger partial charge is 0.261 e. The van der Waals surface area contributed by atoms with Gasteiger partial charge in [-0.25, -0.2) is 9.97 Å². The van der Waals surface area contributed by atoms with E-state index in [1.807, 2.05) is 36.4 Å². The van der Waals surface area contributed by atoms with Gasteiger partial charge in [-0.2, -0.15) is 0 Å². The summed E-state index contributed by atoms with van der Waals surface area (Å²) in [6.45, 7) is 0.223. The van der Waals surface area contributed by atoms with Gasteiger partial charge in [-0.15, -0.1) is 0 Å². The zero-order valence-electron chi connectivity index (χ0n) is 15.9. The number of rotatable bonds is 4. The lowest BCUT2D eigenvalue weighted by atomic mass is 9.95. The Hall–Kier alpha value is -4.00. The number of benzene rings is 3. The summed E-state index contributed by atoms with van der Waals surface area (Å²) in [6.07, 6.45) is 1.72. The molecule has 2 amide bonds. The Morgan fingerprint density at radius 1 is 0.900 bits per heavy atom. The number of amides is 2. The van der Waals surface area contributed by atoms with Gasteiger partial charge in [-0.1, -0.05) is 41.9 Å². The van der Waals surface area contributed by atoms with Crippen LogP contribution in [0.25, 0.3) is 10.9 Å². The first-order valence-corrected chi connectivity index (χ1v) is 9.42. The molecule has 2 radical (unpaired) electrons. The molecule has 0 saturated carbocycles. The highest BCUT2D eigenvalue weighted by atomic mass is 16.2. The first-order valence-electron chi connectivity index (χ1n) is 9.42. The predicted molar refractivity (Wildman–Crippen MR) is 115 cm³/mol. The maximum absolute atomic E-state index is 12.5. The standard InChI is InChI=1S/C23H15BN4O2/c24-16-7-10-20-15(11-16)12-25-23(27-20)26-17-8-5-14(6-9-17)13-28-21(29)18-3-1-2-4-19(18)22(28)30/h1-12H,13H2,(H,25,26,27). The second-order valence-electron chi connectivity index (χ2n) is 7.08. The highest BCUT2D eigenvalue weighted by Gasteiger charge is 2.34. The fourth-order valence-corrected chi connectivity index (χ4v) is 3.50. The molecule has 2 heterocycles. The molecule has 1 N–H and O–H groups in total. The van der Waals surface area contributed by atoms with Crippen LogP contribution in [0, 0.1) is 0 Å². The number of hydrogen-bond donors (Lipinski definition) is 1. The minimum Gasteiger partial charge on any atom is -0.324 e. The zero-order valence-corrected chi connectivity index (χ0v) is 15.9. The van der Waals surface area contributed by atoms with Crippen LogP contribution in [0.15, 0.2) is 72.9 Å². The second kappa shape index (κ2) is 7.11. The van der Waals surface area contributed by atoms with Crippen molar-refractivity contribution in [3.8, 4) is 0 Å². The van der Waals surface area contributed by atoms with Crippen LogP contribution in [0.4, 0.5) is 11.6 Å². The van der Waals surface area contributed by atoms with Gasteiger partial charge in [-0.3, -0.25) is 14.5 Å². The highest BCUT2D eigenvalue weighted by molar-refractivity contribution is 6.33. The molecular weight excluding hydrogens is 375 g/mol. The molecule has 7 heteroatoms. The Kier molecular flexibility index (Phi) is 4.28. The van der Waals surface area contributed by atoms with Crippen LogP contribution in [-0.2, 0) is 6.54 Å². The molecule has 0 aliphatic carbocycles. The summed E-state index contributed by atoms with van der Waals surface area (Å²) in [6, 6.07) is 19.8. The molecule has 4 aromatic rings. The van der Waals surface area contributed by atoms with Crippen molar-refractivity contribution in [2.24, 2.45) is 0 Å². The van der Waals surface area contributed by atoms with Gasteiger partial charge in [0.05, 0.1) is 23.2 Å². The van der Waals surface area contributed by atoms with Gasteiger partial charge in [0.1, 0.15) is 7.85 Å². The lowest BCUT2D eigenvalue weighted by Crippen LogP contribution is -2.29. The molecule has 1 aromatic heterocycles. The van der Waals surface area contributed by atoms with Gasteiger partial charge in [0, 0.05) is 17.3 Å². The maximum atomic E-state index is 12.5. The van der Waals surface area contributed by atoms with Crippen LogP contribution in [0.2, 0.25) is 0 Å². The molecule has 3 aromatic carbocycles. The molecule has 0 bridgehead atoms. The number of nitrogens with one attached hydrogen (secondary N) is 1. The van der Waals surface area contributed by atoms with Crippen molar-refractivity contribution >= 4 is 47.7 Å². The van der Waals surface area contributed by atoms with Gasteiger partial charge in [0.2, 0.25) is 5.95 Å². The fraction of sp³-hybridized carbons (Fsp3) is 0.0435. The van der Waals surface area contributed by atoms with Crippen molar-refractivity contribution in [1.29, 1.82) is 0 Å². The first-order chi connectivity index (χ1) is 14.6. The quantitative estimate of drug-likeness (QED) is 0.428. The van der Waals surface area contributed by atoms with Gasteiger partial charge in [0.15, 0.2) is 0 Å². The summed E-state index contributed by atoms with van der Waals surface area (Å²) < 4.78 is 0. The van der Waals surface area contributed by atoms with Crippen molar-refractivity contribution in [3.63, 3.8) is 0 Å². The molecule has 0 fully saturated rings. The fourth-order valence-electron chi connectivity index (χ4n) is 3.50. The molecule has 5 rings (SSSR count). The molecule has 0 unspecified atom stereocenters. The Balaban J connectivity index is 1.31. The van der Waals surface area contributed by atoms with E-state index in [0.717, 1.165) is 22.2 Å². The molecule has 0 atom stereocenters. The van der Waals surface area contributed by atoms with Crippen LogP contribution in [0.5, 0.6) is 0 Å². The Morgan fingerprint density at radius 2 is 1.60 bits per heavy atom. The largest absolute Gasteiger partial charge is 0.324 e. The summed E-state index contributed by atoms with van der Waals surface area (Å²) in [7, 11) is 5.78. The number of nitrogens with zero attached hydrogens (tertiary/aromatic N) is 3. The number of carbonyl (C=O) groups excluding carboxylic acids is 2. The average Bonchev–Trinajstić information content (AvgIpc) is 3.00. The summed E-state index contributed by atoms with van der Waals surface area (Å²) in [4.78, 5) is 35.1. The SMILES string of the molecule is [B]c1ccc2nc(Nc3ccc(CN4C(=O)c5ccccc5C4=O)cc3)ncc2c1. The van der Waals surface area contributed by atoms with Gasteiger partial charge < -0.3 is 5.32 Å². The molecule has 0 saturated heterocycles. The van der Waals surface area contributed by atoms with E-state index < -0.39 is 0 Å². The Morgan fingerprint density at radius 3 is 2.30 bits per heavy atom. The molecule has 142 valence electrons. The summed E-state index contributed by atoms with van der Waals surface area (Å²) in [5.41, 5.74) is 4.03. The minimum absolute atomic E-state index is 0.223. The molecule has 6 nitrogen and oxygen atoms in total. The first kappa shape index (κ1) is 18.1. The number of aromatic nitrogens is 2. The molecule has 30 heavy (non-hydrogen) atoms. The number of imide groups is 1. The van der Waals surface area contributed by atoms with Crippen LogP contribution < -0.4 is 10.8 Å². The van der Waals surface area contributed by atoms with E-state index in [2.05, 4.69) is 15.3 Å². The van der Waals surface area contributed by atoms with Crippen LogP contribution in [0.1, 0.15) is 26.3 Å². The van der Waals surface area contributed by atoms with Gasteiger partial charge in [-0.05, 0) is 35.9 Å². The number of fused-ring (bicyclic) bond motifs is 2. The van der Waals surface area contributed by atoms with Crippen molar-refractivity contribution in [2.45, 2.75) is 6.54 Å². The zero-order chi connectivity index (χ0) is 20.7. The van der Waals surface area contributed by atoms with E-state index in [1.165, 1.54) is 4.90 Å². The second-order valence-corrected chi connectivity index (χ2v) is 7.08. The summed E-state index contributed by atoms with van der Waals surface area (Å²) in [5.74, 6) is -0.0497. The normalized spacial score (nSPS) is 13.0. The summed E-state index contributed by atoms with van der Waals surface area (Å²) >= 11 is 0. The van der Waals surface area contributed by atoms with Crippen molar-refractivity contribution in [3.05, 3.63) is 89.6 Å². The van der Waals surface area contributed by atoms with E-state index in [9.17, 15) is 9.59 Å². The number of hydrogen-bond acceptors (Lipinski definition) is 5. The minimum atomic E-state index is -0.261. The van der Waals surface area contributed by atoms with Crippen molar-refractivity contribution in [2.75, 3.05) is 5.32 Å². The third-order valence-electron chi connectivity index (χ3n) is 5.03. The Bertz CT molecular complexity index is 1270. The average molecular weight is 390 g/mol. The van der Waals surface area contributed by atoms with E-state index in [1.54, 1.807) is 36.5 Å². The molecule has 0 spiro atoms. The number of anilines is 2. The van der Waals surface area contributed by atoms with Crippen molar-refractivity contribution < 1.29 is 9.59 Å². The predicted octanol–water partition coefficient (Wildman–Crippen LogP) is 2.96. The van der Waals surface area contributed by atoms with Crippen LogP contribution >= 0.6 is 0 Å². The monoisotopic (exact) mass is 390 g/mol.